The average Bonchev–Trinajstić information content (AvgIpc) is 2.23. The quantitative estimate of drug-likeness (QED) is 0.433. The first-order valence-corrected chi connectivity index (χ1v) is 5.92. The van der Waals surface area contributed by atoms with Gasteiger partial charge < -0.3 is 20.3 Å². The lowest BCUT2D eigenvalue weighted by atomic mass is 10.5. The standard InChI is InChI=1S/C9H19NO4S/c1-2-13-9(7-11)14-5-6-15-8(12)3-4-10/h9,11H,2-7,10H2,1H3. The van der Waals surface area contributed by atoms with Crippen LogP contribution in [0, 0.1) is 0 Å². The molecule has 0 aliphatic carbocycles. The molecule has 0 bridgehead atoms. The Bertz CT molecular complexity index is 168. The smallest absolute Gasteiger partial charge is 0.190 e. The van der Waals surface area contributed by atoms with E-state index in [9.17, 15) is 4.79 Å². The minimum absolute atomic E-state index is 0.0676. The first kappa shape index (κ1) is 14.9. The number of carbonyl (C=O) groups excluding carboxylic acids is 1. The zero-order valence-electron chi connectivity index (χ0n) is 8.98. The van der Waals surface area contributed by atoms with Crippen molar-refractivity contribution in [2.75, 3.05) is 32.1 Å². The number of ether oxygens (including phenoxy) is 2. The van der Waals surface area contributed by atoms with Crippen LogP contribution < -0.4 is 5.73 Å². The van der Waals surface area contributed by atoms with E-state index in [0.717, 1.165) is 0 Å². The Balaban J connectivity index is 3.39. The van der Waals surface area contributed by atoms with E-state index in [1.165, 1.54) is 11.8 Å². The molecule has 0 rings (SSSR count). The first-order valence-electron chi connectivity index (χ1n) is 4.94. The van der Waals surface area contributed by atoms with E-state index in [1.54, 1.807) is 0 Å². The minimum atomic E-state index is -0.583. The van der Waals surface area contributed by atoms with Crippen LogP contribution >= 0.6 is 11.8 Å². The molecule has 0 aliphatic heterocycles. The van der Waals surface area contributed by atoms with Crippen molar-refractivity contribution in [2.24, 2.45) is 5.73 Å². The summed E-state index contributed by atoms with van der Waals surface area (Å²) in [5.41, 5.74) is 5.22. The molecule has 0 amide bonds. The molecule has 1 unspecified atom stereocenters. The van der Waals surface area contributed by atoms with Crippen LogP contribution in [0.1, 0.15) is 13.3 Å². The molecule has 0 aliphatic rings. The molecular formula is C9H19NO4S. The van der Waals surface area contributed by atoms with Gasteiger partial charge in [-0.1, -0.05) is 11.8 Å². The van der Waals surface area contributed by atoms with E-state index in [1.807, 2.05) is 6.92 Å². The van der Waals surface area contributed by atoms with Gasteiger partial charge in [0.1, 0.15) is 0 Å². The third-order valence-electron chi connectivity index (χ3n) is 1.50. The number of aliphatic hydroxyl groups excluding tert-OH is 1. The Morgan fingerprint density at radius 2 is 2.27 bits per heavy atom. The maximum Gasteiger partial charge on any atom is 0.190 e. The fourth-order valence-corrected chi connectivity index (χ4v) is 1.53. The summed E-state index contributed by atoms with van der Waals surface area (Å²) in [6.07, 6.45) is -0.195. The molecule has 5 nitrogen and oxygen atoms in total. The van der Waals surface area contributed by atoms with E-state index in [2.05, 4.69) is 0 Å². The number of carbonyl (C=O) groups is 1. The number of rotatable bonds is 9. The highest BCUT2D eigenvalue weighted by molar-refractivity contribution is 8.13. The Kier molecular flexibility index (Phi) is 10.3. The zero-order valence-corrected chi connectivity index (χ0v) is 9.79. The molecule has 6 heteroatoms. The number of hydrogen-bond acceptors (Lipinski definition) is 6. The van der Waals surface area contributed by atoms with Gasteiger partial charge in [-0.3, -0.25) is 4.79 Å². The monoisotopic (exact) mass is 237 g/mol. The maximum atomic E-state index is 11.0. The summed E-state index contributed by atoms with van der Waals surface area (Å²) in [6.45, 7) is 2.91. The number of hydrogen-bond donors (Lipinski definition) is 2. The number of aliphatic hydroxyl groups is 1. The Hall–Kier alpha value is -0.140. The molecule has 1 atom stereocenters. The van der Waals surface area contributed by atoms with Crippen LogP contribution in [0.15, 0.2) is 0 Å². The second kappa shape index (κ2) is 10.4. The number of thioether (sulfide) groups is 1. The second-order valence-corrected chi connectivity index (χ2v) is 3.85. The predicted molar refractivity (Wildman–Crippen MR) is 59.6 cm³/mol. The maximum absolute atomic E-state index is 11.0. The van der Waals surface area contributed by atoms with E-state index in [0.29, 0.717) is 31.9 Å². The molecule has 90 valence electrons. The van der Waals surface area contributed by atoms with Crippen molar-refractivity contribution < 1.29 is 19.4 Å². The molecule has 3 N–H and O–H groups in total. The van der Waals surface area contributed by atoms with Crippen molar-refractivity contribution in [1.29, 1.82) is 0 Å². The van der Waals surface area contributed by atoms with Crippen LogP contribution in [-0.2, 0) is 14.3 Å². The van der Waals surface area contributed by atoms with Gasteiger partial charge in [0.05, 0.1) is 13.2 Å². The fourth-order valence-electron chi connectivity index (χ4n) is 0.864. The molecule has 0 spiro atoms. The fraction of sp³-hybridized carbons (Fsp3) is 0.889. The molecule has 0 fully saturated rings. The molecular weight excluding hydrogens is 218 g/mol. The van der Waals surface area contributed by atoms with Crippen molar-refractivity contribution in [2.45, 2.75) is 19.6 Å². The minimum Gasteiger partial charge on any atom is -0.391 e. The summed E-state index contributed by atoms with van der Waals surface area (Å²) in [5, 5.41) is 8.88. The van der Waals surface area contributed by atoms with Crippen molar-refractivity contribution in [1.82, 2.24) is 0 Å². The highest BCUT2D eigenvalue weighted by atomic mass is 32.2. The van der Waals surface area contributed by atoms with E-state index >= 15 is 0 Å². The third kappa shape index (κ3) is 8.83. The SMILES string of the molecule is CCOC(CO)OCCSC(=O)CCN. The summed E-state index contributed by atoms with van der Waals surface area (Å²) >= 11 is 1.19. The van der Waals surface area contributed by atoms with Gasteiger partial charge in [0.15, 0.2) is 11.4 Å². The van der Waals surface area contributed by atoms with Crippen LogP contribution in [-0.4, -0.2) is 48.6 Å². The first-order chi connectivity index (χ1) is 7.24. The average molecular weight is 237 g/mol. The van der Waals surface area contributed by atoms with Crippen LogP contribution in [0.3, 0.4) is 0 Å². The normalized spacial score (nSPS) is 12.7. The molecule has 0 saturated heterocycles. The van der Waals surface area contributed by atoms with Crippen LogP contribution in [0.2, 0.25) is 0 Å². The Morgan fingerprint density at radius 3 is 2.80 bits per heavy atom. The lowest BCUT2D eigenvalue weighted by molar-refractivity contribution is -0.156. The summed E-state index contributed by atoms with van der Waals surface area (Å²) in [6, 6.07) is 0. The number of nitrogens with two attached hydrogens (primary N) is 1. The second-order valence-electron chi connectivity index (χ2n) is 2.70. The topological polar surface area (TPSA) is 81.8 Å². The van der Waals surface area contributed by atoms with Gasteiger partial charge in [-0.05, 0) is 6.92 Å². The van der Waals surface area contributed by atoms with Gasteiger partial charge in [0, 0.05) is 25.3 Å². The van der Waals surface area contributed by atoms with Crippen molar-refractivity contribution >= 4 is 16.9 Å². The van der Waals surface area contributed by atoms with Gasteiger partial charge in [-0.25, -0.2) is 0 Å². The highest BCUT2D eigenvalue weighted by Gasteiger charge is 2.07. The van der Waals surface area contributed by atoms with Crippen molar-refractivity contribution in [3.05, 3.63) is 0 Å². The lowest BCUT2D eigenvalue weighted by Crippen LogP contribution is -2.22. The molecule has 15 heavy (non-hydrogen) atoms. The summed E-state index contributed by atoms with van der Waals surface area (Å²) < 4.78 is 10.2. The van der Waals surface area contributed by atoms with Gasteiger partial charge in [-0.2, -0.15) is 0 Å². The zero-order chi connectivity index (χ0) is 11.5. The van der Waals surface area contributed by atoms with Crippen molar-refractivity contribution in [3.63, 3.8) is 0 Å². The van der Waals surface area contributed by atoms with Crippen molar-refractivity contribution in [3.8, 4) is 0 Å². The molecule has 0 radical (unpaired) electrons. The highest BCUT2D eigenvalue weighted by Crippen LogP contribution is 2.05. The van der Waals surface area contributed by atoms with E-state index in [-0.39, 0.29) is 11.7 Å². The molecule has 0 aromatic rings. The molecule has 0 aromatic carbocycles. The van der Waals surface area contributed by atoms with Gasteiger partial charge in [-0.15, -0.1) is 0 Å². The largest absolute Gasteiger partial charge is 0.391 e. The van der Waals surface area contributed by atoms with Crippen LogP contribution in [0.4, 0.5) is 0 Å². The van der Waals surface area contributed by atoms with Crippen LogP contribution in [0.25, 0.3) is 0 Å². The molecule has 0 saturated carbocycles. The Labute approximate surface area is 94.3 Å². The van der Waals surface area contributed by atoms with Gasteiger partial charge in [0.2, 0.25) is 0 Å². The Morgan fingerprint density at radius 1 is 1.53 bits per heavy atom. The molecule has 0 heterocycles. The molecule has 0 aromatic heterocycles. The van der Waals surface area contributed by atoms with Gasteiger partial charge >= 0.3 is 0 Å². The summed E-state index contributed by atoms with van der Waals surface area (Å²) in [5.74, 6) is 0.558. The lowest BCUT2D eigenvalue weighted by Gasteiger charge is -2.14. The third-order valence-corrected chi connectivity index (χ3v) is 2.40. The van der Waals surface area contributed by atoms with Crippen LogP contribution in [0.5, 0.6) is 0 Å². The summed E-state index contributed by atoms with van der Waals surface area (Å²) in [7, 11) is 0. The summed E-state index contributed by atoms with van der Waals surface area (Å²) in [4.78, 5) is 11.0. The van der Waals surface area contributed by atoms with Gasteiger partial charge in [0.25, 0.3) is 0 Å². The predicted octanol–water partition coefficient (Wildman–Crippen LogP) is -0.0335. The van der Waals surface area contributed by atoms with E-state index in [4.69, 9.17) is 20.3 Å². The van der Waals surface area contributed by atoms with E-state index < -0.39 is 6.29 Å².